The second-order valence-corrected chi connectivity index (χ2v) is 3.08. The minimum atomic E-state index is -2.83. The van der Waals surface area contributed by atoms with Crippen LogP contribution in [0.3, 0.4) is 0 Å². The number of H-pyrrole nitrogens is 1. The minimum absolute atomic E-state index is 0.0891. The van der Waals surface area contributed by atoms with Crippen molar-refractivity contribution < 1.29 is 18.3 Å². The average molecular weight is 241 g/mol. The molecule has 2 aromatic rings. The van der Waals surface area contributed by atoms with Crippen molar-refractivity contribution in [1.82, 2.24) is 15.4 Å². The van der Waals surface area contributed by atoms with Gasteiger partial charge >= 0.3 is 6.61 Å². The fourth-order valence-corrected chi connectivity index (χ4v) is 1.35. The summed E-state index contributed by atoms with van der Waals surface area (Å²) in [5, 5.41) is 10.1. The van der Waals surface area contributed by atoms with Crippen molar-refractivity contribution in [3.8, 4) is 22.9 Å². The molecule has 0 atom stereocenters. The molecule has 0 bridgehead atoms. The number of halogens is 2. The first-order chi connectivity index (χ1) is 8.20. The number of benzene rings is 1. The molecule has 1 heterocycles. The molecule has 0 aliphatic heterocycles. The van der Waals surface area contributed by atoms with E-state index in [-0.39, 0.29) is 5.75 Å². The highest BCUT2D eigenvalue weighted by Gasteiger charge is 2.11. The summed E-state index contributed by atoms with van der Waals surface area (Å²) in [6.45, 7) is -2.83. The molecular formula is C10H9F2N3O2. The Morgan fingerprint density at radius 1 is 1.18 bits per heavy atom. The standard InChI is InChI=1S/C10H9F2N3O2/c1-16-9-8(13-15-14-9)6-2-4-7(5-3-6)17-10(11)12/h2-5,10H,1H3,(H,13,14,15). The molecule has 0 aliphatic rings. The van der Waals surface area contributed by atoms with E-state index in [0.29, 0.717) is 17.1 Å². The predicted octanol–water partition coefficient (Wildman–Crippen LogP) is 2.08. The number of hydrogen-bond donors (Lipinski definition) is 1. The van der Waals surface area contributed by atoms with Crippen LogP contribution < -0.4 is 9.47 Å². The zero-order valence-corrected chi connectivity index (χ0v) is 8.85. The van der Waals surface area contributed by atoms with Gasteiger partial charge in [-0.25, -0.2) is 0 Å². The minimum Gasteiger partial charge on any atom is -0.478 e. The number of aromatic amines is 1. The van der Waals surface area contributed by atoms with Gasteiger partial charge in [0.15, 0.2) is 5.69 Å². The number of nitrogens with one attached hydrogen (secondary N) is 1. The molecule has 0 saturated carbocycles. The van der Waals surface area contributed by atoms with Crippen molar-refractivity contribution in [2.24, 2.45) is 0 Å². The van der Waals surface area contributed by atoms with E-state index in [0.717, 1.165) is 0 Å². The van der Waals surface area contributed by atoms with Crippen LogP contribution in [-0.2, 0) is 0 Å². The Morgan fingerprint density at radius 3 is 2.47 bits per heavy atom. The highest BCUT2D eigenvalue weighted by molar-refractivity contribution is 5.64. The van der Waals surface area contributed by atoms with Crippen LogP contribution in [0.2, 0.25) is 0 Å². The first-order valence-corrected chi connectivity index (χ1v) is 4.70. The fraction of sp³-hybridized carbons (Fsp3) is 0.200. The molecule has 17 heavy (non-hydrogen) atoms. The van der Waals surface area contributed by atoms with Crippen LogP contribution in [0.15, 0.2) is 24.3 Å². The lowest BCUT2D eigenvalue weighted by Crippen LogP contribution is -2.01. The van der Waals surface area contributed by atoms with Gasteiger partial charge in [0.25, 0.3) is 5.88 Å². The number of ether oxygens (including phenoxy) is 2. The maximum Gasteiger partial charge on any atom is 0.387 e. The summed E-state index contributed by atoms with van der Waals surface area (Å²) < 4.78 is 33.1. The van der Waals surface area contributed by atoms with Crippen LogP contribution in [0.4, 0.5) is 8.78 Å². The first kappa shape index (κ1) is 11.3. The summed E-state index contributed by atoms with van der Waals surface area (Å²) in [6, 6.07) is 6.04. The van der Waals surface area contributed by atoms with Gasteiger partial charge in [0.2, 0.25) is 0 Å². The molecule has 0 radical (unpaired) electrons. The Labute approximate surface area is 95.4 Å². The van der Waals surface area contributed by atoms with Gasteiger partial charge in [-0.3, -0.25) is 0 Å². The average Bonchev–Trinajstić information content (AvgIpc) is 2.77. The fourth-order valence-electron chi connectivity index (χ4n) is 1.35. The van der Waals surface area contributed by atoms with Crippen LogP contribution in [0.1, 0.15) is 0 Å². The SMILES string of the molecule is COc1n[nH]nc1-c1ccc(OC(F)F)cc1. The Kier molecular flexibility index (Phi) is 3.17. The zero-order chi connectivity index (χ0) is 12.3. The molecule has 0 aliphatic carbocycles. The largest absolute Gasteiger partial charge is 0.478 e. The van der Waals surface area contributed by atoms with Crippen LogP contribution in [-0.4, -0.2) is 29.1 Å². The van der Waals surface area contributed by atoms with Gasteiger partial charge in [-0.1, -0.05) is 0 Å². The summed E-state index contributed by atoms with van der Waals surface area (Å²) in [4.78, 5) is 0. The summed E-state index contributed by atoms with van der Waals surface area (Å²) in [6.07, 6.45) is 0. The molecule has 1 aromatic carbocycles. The van der Waals surface area contributed by atoms with Crippen LogP contribution >= 0.6 is 0 Å². The maximum absolute atomic E-state index is 11.9. The summed E-state index contributed by atoms with van der Waals surface area (Å²) >= 11 is 0. The highest BCUT2D eigenvalue weighted by Crippen LogP contribution is 2.26. The summed E-state index contributed by atoms with van der Waals surface area (Å²) in [7, 11) is 1.47. The van der Waals surface area contributed by atoms with Gasteiger partial charge in [0, 0.05) is 5.56 Å². The van der Waals surface area contributed by atoms with Gasteiger partial charge < -0.3 is 9.47 Å². The number of hydrogen-bond acceptors (Lipinski definition) is 4. The predicted molar refractivity (Wildman–Crippen MR) is 55.0 cm³/mol. The normalized spacial score (nSPS) is 10.6. The third-order valence-electron chi connectivity index (χ3n) is 2.06. The first-order valence-electron chi connectivity index (χ1n) is 4.70. The Hall–Kier alpha value is -2.18. The van der Waals surface area contributed by atoms with E-state index in [4.69, 9.17) is 4.74 Å². The number of nitrogens with zero attached hydrogens (tertiary/aromatic N) is 2. The summed E-state index contributed by atoms with van der Waals surface area (Å²) in [5.41, 5.74) is 1.20. The van der Waals surface area contributed by atoms with Crippen molar-refractivity contribution >= 4 is 0 Å². The van der Waals surface area contributed by atoms with Gasteiger partial charge in [-0.15, -0.1) is 5.10 Å². The third-order valence-corrected chi connectivity index (χ3v) is 2.06. The van der Waals surface area contributed by atoms with Crippen molar-refractivity contribution in [2.45, 2.75) is 6.61 Å². The number of aromatic nitrogens is 3. The van der Waals surface area contributed by atoms with E-state index in [1.165, 1.54) is 19.2 Å². The number of methoxy groups -OCH3 is 1. The number of rotatable bonds is 4. The van der Waals surface area contributed by atoms with Gasteiger partial charge in [-0.05, 0) is 24.3 Å². The van der Waals surface area contributed by atoms with E-state index in [1.54, 1.807) is 12.1 Å². The van der Waals surface area contributed by atoms with Crippen molar-refractivity contribution in [2.75, 3.05) is 7.11 Å². The number of alkyl halides is 2. The van der Waals surface area contributed by atoms with Crippen molar-refractivity contribution in [3.63, 3.8) is 0 Å². The Bertz CT molecular complexity index is 485. The van der Waals surface area contributed by atoms with E-state index < -0.39 is 6.61 Å². The van der Waals surface area contributed by atoms with Crippen molar-refractivity contribution in [1.29, 1.82) is 0 Å². The highest BCUT2D eigenvalue weighted by atomic mass is 19.3. The molecule has 0 spiro atoms. The molecule has 1 N–H and O–H groups in total. The van der Waals surface area contributed by atoms with E-state index in [9.17, 15) is 8.78 Å². The molecule has 5 nitrogen and oxygen atoms in total. The molecule has 0 unspecified atom stereocenters. The molecule has 7 heteroatoms. The van der Waals surface area contributed by atoms with Gasteiger partial charge in [0.05, 0.1) is 7.11 Å². The lowest BCUT2D eigenvalue weighted by atomic mass is 10.1. The van der Waals surface area contributed by atoms with Crippen molar-refractivity contribution in [3.05, 3.63) is 24.3 Å². The lowest BCUT2D eigenvalue weighted by Gasteiger charge is -2.04. The quantitative estimate of drug-likeness (QED) is 0.890. The van der Waals surface area contributed by atoms with E-state index >= 15 is 0 Å². The lowest BCUT2D eigenvalue weighted by molar-refractivity contribution is -0.0498. The van der Waals surface area contributed by atoms with Gasteiger partial charge in [0.1, 0.15) is 5.75 Å². The Morgan fingerprint density at radius 2 is 1.88 bits per heavy atom. The van der Waals surface area contributed by atoms with Gasteiger partial charge in [-0.2, -0.15) is 19.1 Å². The smallest absolute Gasteiger partial charge is 0.387 e. The van der Waals surface area contributed by atoms with E-state index in [2.05, 4.69) is 20.1 Å². The maximum atomic E-state index is 11.9. The molecule has 90 valence electrons. The molecule has 0 amide bonds. The second-order valence-electron chi connectivity index (χ2n) is 3.08. The molecule has 0 saturated heterocycles. The summed E-state index contributed by atoms with van der Waals surface area (Å²) in [5.74, 6) is 0.429. The molecule has 2 rings (SSSR count). The molecule has 0 fully saturated rings. The van der Waals surface area contributed by atoms with E-state index in [1.807, 2.05) is 0 Å². The topological polar surface area (TPSA) is 60.0 Å². The molecule has 1 aromatic heterocycles. The van der Waals surface area contributed by atoms with Crippen LogP contribution in [0.5, 0.6) is 11.6 Å². The monoisotopic (exact) mass is 241 g/mol. The molecular weight excluding hydrogens is 232 g/mol. The zero-order valence-electron chi connectivity index (χ0n) is 8.85. The van der Waals surface area contributed by atoms with Crippen LogP contribution in [0.25, 0.3) is 11.3 Å². The Balaban J connectivity index is 2.23. The second kappa shape index (κ2) is 4.77. The van der Waals surface area contributed by atoms with Crippen LogP contribution in [0, 0.1) is 0 Å². The third kappa shape index (κ3) is 2.49.